The molecule has 0 atom stereocenters. The van der Waals surface area contributed by atoms with E-state index in [1.807, 2.05) is 30.3 Å². The van der Waals surface area contributed by atoms with Crippen molar-refractivity contribution in [1.82, 2.24) is 5.32 Å². The number of hydrogen-bond donors (Lipinski definition) is 1. The van der Waals surface area contributed by atoms with Gasteiger partial charge in [0.2, 0.25) is 5.91 Å². The highest BCUT2D eigenvalue weighted by molar-refractivity contribution is 7.99. The molecule has 0 fully saturated rings. The second-order valence-electron chi connectivity index (χ2n) is 5.79. The lowest BCUT2D eigenvalue weighted by Gasteiger charge is -2.32. The van der Waals surface area contributed by atoms with Crippen LogP contribution in [0.1, 0.15) is 26.2 Å². The number of anilines is 2. The van der Waals surface area contributed by atoms with Gasteiger partial charge in [0.25, 0.3) is 0 Å². The molecular weight excluding hydrogens is 340 g/mol. The fourth-order valence-corrected chi connectivity index (χ4v) is 3.99. The highest BCUT2D eigenvalue weighted by Gasteiger charge is 2.23. The summed E-state index contributed by atoms with van der Waals surface area (Å²) in [6, 6.07) is 14.2. The molecule has 126 valence electrons. The Morgan fingerprint density at radius 1 is 1.17 bits per heavy atom. The third-order valence-electron chi connectivity index (χ3n) is 4.00. The van der Waals surface area contributed by atoms with Gasteiger partial charge in [0.05, 0.1) is 11.4 Å². The van der Waals surface area contributed by atoms with Crippen LogP contribution in [0.15, 0.2) is 52.3 Å². The maximum absolute atomic E-state index is 12.1. The molecule has 1 heterocycles. The van der Waals surface area contributed by atoms with Crippen LogP contribution in [0.4, 0.5) is 11.4 Å². The van der Waals surface area contributed by atoms with E-state index in [-0.39, 0.29) is 5.91 Å². The summed E-state index contributed by atoms with van der Waals surface area (Å²) in [5, 5.41) is 3.70. The first kappa shape index (κ1) is 17.2. The van der Waals surface area contributed by atoms with Gasteiger partial charge in [0, 0.05) is 34.3 Å². The van der Waals surface area contributed by atoms with E-state index in [2.05, 4.69) is 29.3 Å². The second-order valence-corrected chi connectivity index (χ2v) is 7.31. The van der Waals surface area contributed by atoms with Crippen LogP contribution >= 0.6 is 23.4 Å². The molecule has 1 amide bonds. The predicted octanol–water partition coefficient (Wildman–Crippen LogP) is 5.25. The van der Waals surface area contributed by atoms with Crippen molar-refractivity contribution >= 4 is 40.6 Å². The predicted molar refractivity (Wildman–Crippen MR) is 102 cm³/mol. The number of fused-ring (bicyclic) bond motifs is 2. The van der Waals surface area contributed by atoms with Crippen molar-refractivity contribution in [1.29, 1.82) is 0 Å². The van der Waals surface area contributed by atoms with E-state index >= 15 is 0 Å². The molecule has 0 bridgehead atoms. The molecule has 0 aliphatic carbocycles. The Kier molecular flexibility index (Phi) is 5.69. The number of carbonyl (C=O) groups excluding carboxylic acids is 1. The standard InChI is InChI=1S/C19H21ClN2OS/c1-2-3-11-21-19(23)10-12-22-15-6-4-5-7-17(15)24-18-9-8-14(20)13-16(18)22/h4-9,13H,2-3,10-12H2,1H3,(H,21,23). The maximum atomic E-state index is 12.1. The SMILES string of the molecule is CCCCNC(=O)CCN1c2ccccc2Sc2ccc(Cl)cc21. The van der Waals surface area contributed by atoms with Crippen LogP contribution in [0.5, 0.6) is 0 Å². The van der Waals surface area contributed by atoms with Crippen molar-refractivity contribution < 1.29 is 4.79 Å². The molecule has 0 unspecified atom stereocenters. The van der Waals surface area contributed by atoms with Gasteiger partial charge >= 0.3 is 0 Å². The van der Waals surface area contributed by atoms with Gasteiger partial charge in [-0.05, 0) is 36.8 Å². The van der Waals surface area contributed by atoms with Crippen LogP contribution in [0.25, 0.3) is 0 Å². The highest BCUT2D eigenvalue weighted by atomic mass is 35.5. The van der Waals surface area contributed by atoms with E-state index in [0.29, 0.717) is 18.0 Å². The lowest BCUT2D eigenvalue weighted by molar-refractivity contribution is -0.120. The molecule has 1 aliphatic rings. The quantitative estimate of drug-likeness (QED) is 0.714. The minimum absolute atomic E-state index is 0.0998. The number of unbranched alkanes of at least 4 members (excludes halogenated alkanes) is 1. The molecule has 0 spiro atoms. The molecule has 0 radical (unpaired) electrons. The van der Waals surface area contributed by atoms with Crippen LogP contribution in [0, 0.1) is 0 Å². The molecule has 0 aromatic heterocycles. The van der Waals surface area contributed by atoms with Crippen molar-refractivity contribution in [2.45, 2.75) is 36.0 Å². The zero-order valence-electron chi connectivity index (χ0n) is 13.7. The summed E-state index contributed by atoms with van der Waals surface area (Å²) >= 11 is 7.95. The van der Waals surface area contributed by atoms with Crippen LogP contribution in [-0.2, 0) is 4.79 Å². The Bertz CT molecular complexity index is 735. The molecule has 0 saturated carbocycles. The van der Waals surface area contributed by atoms with Gasteiger partial charge < -0.3 is 10.2 Å². The first-order valence-electron chi connectivity index (χ1n) is 8.29. The summed E-state index contributed by atoms with van der Waals surface area (Å²) in [5.41, 5.74) is 2.21. The largest absolute Gasteiger partial charge is 0.356 e. The van der Waals surface area contributed by atoms with Gasteiger partial charge in [-0.25, -0.2) is 0 Å². The fraction of sp³-hybridized carbons (Fsp3) is 0.316. The van der Waals surface area contributed by atoms with E-state index in [9.17, 15) is 4.79 Å². The zero-order chi connectivity index (χ0) is 16.9. The number of hydrogen-bond acceptors (Lipinski definition) is 3. The van der Waals surface area contributed by atoms with Crippen molar-refractivity contribution in [3.63, 3.8) is 0 Å². The molecule has 2 aromatic carbocycles. The first-order chi connectivity index (χ1) is 11.7. The van der Waals surface area contributed by atoms with Crippen LogP contribution in [-0.4, -0.2) is 19.0 Å². The lowest BCUT2D eigenvalue weighted by atomic mass is 10.2. The fourth-order valence-electron chi connectivity index (χ4n) is 2.75. The molecule has 24 heavy (non-hydrogen) atoms. The van der Waals surface area contributed by atoms with E-state index in [4.69, 9.17) is 11.6 Å². The summed E-state index contributed by atoms with van der Waals surface area (Å²) in [6.45, 7) is 3.52. The first-order valence-corrected chi connectivity index (χ1v) is 9.49. The van der Waals surface area contributed by atoms with Gasteiger partial charge in [0.1, 0.15) is 0 Å². The third-order valence-corrected chi connectivity index (χ3v) is 5.37. The summed E-state index contributed by atoms with van der Waals surface area (Å²) in [5.74, 6) is 0.0998. The van der Waals surface area contributed by atoms with Crippen LogP contribution < -0.4 is 10.2 Å². The molecule has 3 rings (SSSR count). The molecule has 1 N–H and O–H groups in total. The van der Waals surface area contributed by atoms with E-state index < -0.39 is 0 Å². The average Bonchev–Trinajstić information content (AvgIpc) is 2.59. The molecule has 0 saturated heterocycles. The number of nitrogens with one attached hydrogen (secondary N) is 1. The molecule has 2 aromatic rings. The Hall–Kier alpha value is -1.65. The minimum Gasteiger partial charge on any atom is -0.356 e. The van der Waals surface area contributed by atoms with E-state index in [1.54, 1.807) is 11.8 Å². The van der Waals surface area contributed by atoms with Crippen molar-refractivity contribution in [2.75, 3.05) is 18.0 Å². The zero-order valence-corrected chi connectivity index (χ0v) is 15.3. The molecule has 1 aliphatic heterocycles. The molecular formula is C19H21ClN2OS. The van der Waals surface area contributed by atoms with Crippen LogP contribution in [0.3, 0.4) is 0 Å². The maximum Gasteiger partial charge on any atom is 0.221 e. The van der Waals surface area contributed by atoms with E-state index in [0.717, 1.165) is 30.8 Å². The smallest absolute Gasteiger partial charge is 0.221 e. The molecule has 5 heteroatoms. The van der Waals surface area contributed by atoms with Gasteiger partial charge in [-0.15, -0.1) is 0 Å². The van der Waals surface area contributed by atoms with Crippen LogP contribution in [0.2, 0.25) is 5.02 Å². The number of rotatable bonds is 6. The normalized spacial score (nSPS) is 12.5. The second kappa shape index (κ2) is 7.95. The summed E-state index contributed by atoms with van der Waals surface area (Å²) in [7, 11) is 0. The topological polar surface area (TPSA) is 32.3 Å². The minimum atomic E-state index is 0.0998. The number of benzene rings is 2. The Morgan fingerprint density at radius 3 is 2.79 bits per heavy atom. The monoisotopic (exact) mass is 360 g/mol. The molecule has 3 nitrogen and oxygen atoms in total. The van der Waals surface area contributed by atoms with Crippen molar-refractivity contribution in [2.24, 2.45) is 0 Å². The Labute approximate surface area is 152 Å². The summed E-state index contributed by atoms with van der Waals surface area (Å²) < 4.78 is 0. The number of para-hydroxylation sites is 1. The average molecular weight is 361 g/mol. The van der Waals surface area contributed by atoms with Gasteiger partial charge in [-0.1, -0.05) is 48.8 Å². The van der Waals surface area contributed by atoms with Crippen molar-refractivity contribution in [3.05, 3.63) is 47.5 Å². The number of amides is 1. The number of carbonyl (C=O) groups is 1. The summed E-state index contributed by atoms with van der Waals surface area (Å²) in [4.78, 5) is 16.7. The van der Waals surface area contributed by atoms with Gasteiger partial charge in [-0.2, -0.15) is 0 Å². The van der Waals surface area contributed by atoms with Gasteiger partial charge in [0.15, 0.2) is 0 Å². The van der Waals surface area contributed by atoms with Crippen molar-refractivity contribution in [3.8, 4) is 0 Å². The number of halogens is 1. The third kappa shape index (κ3) is 3.87. The van der Waals surface area contributed by atoms with Gasteiger partial charge in [-0.3, -0.25) is 4.79 Å². The summed E-state index contributed by atoms with van der Waals surface area (Å²) in [6.07, 6.45) is 2.57. The highest BCUT2D eigenvalue weighted by Crippen LogP contribution is 2.48. The van der Waals surface area contributed by atoms with E-state index in [1.165, 1.54) is 9.79 Å². The lowest BCUT2D eigenvalue weighted by Crippen LogP contribution is -2.30. The Morgan fingerprint density at radius 2 is 1.96 bits per heavy atom. The Balaban J connectivity index is 1.79. The number of nitrogens with zero attached hydrogens (tertiary/aromatic N) is 1.